The molecule has 0 aliphatic heterocycles. The maximum atomic E-state index is 6.22. The molecule has 0 unspecified atom stereocenters. The third kappa shape index (κ3) is 4.62. The standard InChI is InChI=1S/C17H18BrClO/c1-2-20-10-9-13-3-5-14(6-4-13)11-15-12-16(18)7-8-17(15)19/h3-8,12H,2,9-11H2,1H3. The smallest absolute Gasteiger partial charge is 0.0506 e. The molecule has 0 fully saturated rings. The van der Waals surface area contributed by atoms with Gasteiger partial charge in [0.15, 0.2) is 0 Å². The van der Waals surface area contributed by atoms with Gasteiger partial charge in [-0.05, 0) is 54.7 Å². The lowest BCUT2D eigenvalue weighted by Crippen LogP contribution is -1.98. The summed E-state index contributed by atoms with van der Waals surface area (Å²) in [6, 6.07) is 14.6. The van der Waals surface area contributed by atoms with Gasteiger partial charge in [0.1, 0.15) is 0 Å². The van der Waals surface area contributed by atoms with Gasteiger partial charge >= 0.3 is 0 Å². The van der Waals surface area contributed by atoms with Gasteiger partial charge in [0.2, 0.25) is 0 Å². The average Bonchev–Trinajstić information content (AvgIpc) is 2.45. The molecule has 0 N–H and O–H groups in total. The van der Waals surface area contributed by atoms with Crippen molar-refractivity contribution < 1.29 is 4.74 Å². The van der Waals surface area contributed by atoms with Crippen molar-refractivity contribution in [3.63, 3.8) is 0 Å². The first-order valence-corrected chi connectivity index (χ1v) is 7.95. The Morgan fingerprint density at radius 1 is 1.05 bits per heavy atom. The first kappa shape index (κ1) is 15.6. The Balaban J connectivity index is 2.01. The lowest BCUT2D eigenvalue weighted by atomic mass is 10.0. The Hall–Kier alpha value is -0.830. The van der Waals surface area contributed by atoms with E-state index in [2.05, 4.69) is 46.3 Å². The van der Waals surface area contributed by atoms with Crippen LogP contribution in [0.2, 0.25) is 5.02 Å². The summed E-state index contributed by atoms with van der Waals surface area (Å²) in [6.45, 7) is 3.58. The molecule has 1 nitrogen and oxygen atoms in total. The zero-order chi connectivity index (χ0) is 14.4. The molecule has 2 aromatic carbocycles. The van der Waals surface area contributed by atoms with Crippen LogP contribution in [0.4, 0.5) is 0 Å². The predicted octanol–water partition coefficient (Wildman–Crippen LogP) is 5.27. The zero-order valence-corrected chi connectivity index (χ0v) is 13.9. The number of hydrogen-bond acceptors (Lipinski definition) is 1. The van der Waals surface area contributed by atoms with Crippen molar-refractivity contribution in [3.8, 4) is 0 Å². The van der Waals surface area contributed by atoms with Crippen LogP contribution in [0.15, 0.2) is 46.9 Å². The molecule has 0 heterocycles. The molecule has 0 saturated carbocycles. The van der Waals surface area contributed by atoms with Gasteiger partial charge in [0, 0.05) is 16.1 Å². The summed E-state index contributed by atoms with van der Waals surface area (Å²) in [6.07, 6.45) is 1.82. The minimum absolute atomic E-state index is 0.777. The molecule has 0 aliphatic carbocycles. The molecule has 0 atom stereocenters. The Morgan fingerprint density at radius 2 is 1.75 bits per heavy atom. The summed E-state index contributed by atoms with van der Waals surface area (Å²) < 4.78 is 6.43. The molecule has 20 heavy (non-hydrogen) atoms. The molecule has 106 valence electrons. The van der Waals surface area contributed by atoms with Gasteiger partial charge in [-0.25, -0.2) is 0 Å². The molecule has 0 spiro atoms. The minimum Gasteiger partial charge on any atom is -0.381 e. The second-order valence-corrected chi connectivity index (χ2v) is 6.00. The molecule has 0 aromatic heterocycles. The van der Waals surface area contributed by atoms with E-state index in [4.69, 9.17) is 16.3 Å². The van der Waals surface area contributed by atoms with E-state index >= 15 is 0 Å². The monoisotopic (exact) mass is 352 g/mol. The highest BCUT2D eigenvalue weighted by molar-refractivity contribution is 9.10. The fraction of sp³-hybridized carbons (Fsp3) is 0.294. The minimum atomic E-state index is 0.777. The fourth-order valence-electron chi connectivity index (χ4n) is 2.06. The van der Waals surface area contributed by atoms with Crippen LogP contribution in [0.5, 0.6) is 0 Å². The van der Waals surface area contributed by atoms with Crippen molar-refractivity contribution >= 4 is 27.5 Å². The Morgan fingerprint density at radius 3 is 2.45 bits per heavy atom. The van der Waals surface area contributed by atoms with Crippen molar-refractivity contribution in [2.24, 2.45) is 0 Å². The van der Waals surface area contributed by atoms with Crippen LogP contribution in [0.25, 0.3) is 0 Å². The van der Waals surface area contributed by atoms with Crippen LogP contribution in [0.3, 0.4) is 0 Å². The highest BCUT2D eigenvalue weighted by Crippen LogP contribution is 2.23. The third-order valence-electron chi connectivity index (χ3n) is 3.16. The van der Waals surface area contributed by atoms with Crippen molar-refractivity contribution in [1.82, 2.24) is 0 Å². The lowest BCUT2D eigenvalue weighted by molar-refractivity contribution is 0.151. The summed E-state index contributed by atoms with van der Waals surface area (Å²) >= 11 is 9.71. The van der Waals surface area contributed by atoms with Gasteiger partial charge in [-0.3, -0.25) is 0 Å². The van der Waals surface area contributed by atoms with Gasteiger partial charge in [-0.15, -0.1) is 0 Å². The van der Waals surface area contributed by atoms with Gasteiger partial charge in [-0.1, -0.05) is 51.8 Å². The van der Waals surface area contributed by atoms with E-state index < -0.39 is 0 Å². The Bertz CT molecular complexity index is 551. The number of rotatable bonds is 6. The molecule has 2 rings (SSSR count). The van der Waals surface area contributed by atoms with E-state index in [1.165, 1.54) is 11.1 Å². The van der Waals surface area contributed by atoms with E-state index in [1.54, 1.807) is 0 Å². The molecular formula is C17H18BrClO. The normalized spacial score (nSPS) is 10.8. The van der Waals surface area contributed by atoms with Crippen molar-refractivity contribution in [3.05, 3.63) is 68.7 Å². The Labute approximate surface area is 134 Å². The fourth-order valence-corrected chi connectivity index (χ4v) is 2.65. The molecular weight excluding hydrogens is 336 g/mol. The summed E-state index contributed by atoms with van der Waals surface area (Å²) in [7, 11) is 0. The van der Waals surface area contributed by atoms with Crippen molar-refractivity contribution in [1.29, 1.82) is 0 Å². The first-order valence-electron chi connectivity index (χ1n) is 6.78. The number of halogens is 2. The maximum absolute atomic E-state index is 6.22. The van der Waals surface area contributed by atoms with Crippen LogP contribution in [-0.2, 0) is 17.6 Å². The van der Waals surface area contributed by atoms with Crippen LogP contribution in [0, 0.1) is 0 Å². The second-order valence-electron chi connectivity index (χ2n) is 4.68. The highest BCUT2D eigenvalue weighted by atomic mass is 79.9. The molecule has 0 saturated heterocycles. The second kappa shape index (κ2) is 7.82. The largest absolute Gasteiger partial charge is 0.381 e. The molecule has 2 aromatic rings. The highest BCUT2D eigenvalue weighted by Gasteiger charge is 2.03. The summed E-state index contributed by atoms with van der Waals surface area (Å²) in [5, 5.41) is 0.814. The van der Waals surface area contributed by atoms with Gasteiger partial charge in [-0.2, -0.15) is 0 Å². The third-order valence-corrected chi connectivity index (χ3v) is 4.03. The number of ether oxygens (including phenoxy) is 1. The molecule has 0 aliphatic rings. The van der Waals surface area contributed by atoms with Crippen molar-refractivity contribution in [2.75, 3.05) is 13.2 Å². The summed E-state index contributed by atoms with van der Waals surface area (Å²) in [5.74, 6) is 0. The summed E-state index contributed by atoms with van der Waals surface area (Å²) in [5.41, 5.74) is 3.72. The van der Waals surface area contributed by atoms with E-state index in [0.29, 0.717) is 0 Å². The molecule has 0 radical (unpaired) electrons. The maximum Gasteiger partial charge on any atom is 0.0506 e. The van der Waals surface area contributed by atoms with Crippen LogP contribution in [0.1, 0.15) is 23.6 Å². The van der Waals surface area contributed by atoms with Gasteiger partial charge < -0.3 is 4.74 Å². The molecule has 0 bridgehead atoms. The molecule has 0 amide bonds. The van der Waals surface area contributed by atoms with Gasteiger partial charge in [0.25, 0.3) is 0 Å². The number of benzene rings is 2. The topological polar surface area (TPSA) is 9.23 Å². The Kier molecular flexibility index (Phi) is 6.08. The summed E-state index contributed by atoms with van der Waals surface area (Å²) in [4.78, 5) is 0. The van der Waals surface area contributed by atoms with Gasteiger partial charge in [0.05, 0.1) is 6.61 Å². The molecule has 3 heteroatoms. The number of hydrogen-bond donors (Lipinski definition) is 0. The van der Waals surface area contributed by atoms with Crippen molar-refractivity contribution in [2.45, 2.75) is 19.8 Å². The SMILES string of the molecule is CCOCCc1ccc(Cc2cc(Br)ccc2Cl)cc1. The zero-order valence-electron chi connectivity index (χ0n) is 11.5. The van der Waals surface area contributed by atoms with Crippen LogP contribution >= 0.6 is 27.5 Å². The quantitative estimate of drug-likeness (QED) is 0.643. The predicted molar refractivity (Wildman–Crippen MR) is 88.6 cm³/mol. The first-order chi connectivity index (χ1) is 9.69. The van der Waals surface area contributed by atoms with E-state index in [0.717, 1.165) is 41.1 Å². The van der Waals surface area contributed by atoms with E-state index in [9.17, 15) is 0 Å². The van der Waals surface area contributed by atoms with Crippen LogP contribution < -0.4 is 0 Å². The van der Waals surface area contributed by atoms with Crippen LogP contribution in [-0.4, -0.2) is 13.2 Å². The average molecular weight is 354 g/mol. The lowest BCUT2D eigenvalue weighted by Gasteiger charge is -2.07. The van der Waals surface area contributed by atoms with E-state index in [-0.39, 0.29) is 0 Å². The van der Waals surface area contributed by atoms with E-state index in [1.807, 2.05) is 19.1 Å².